The normalized spacial score (nSPS) is 18.0. The number of halogens is 3. The number of carboxylic acid groups (broad SMARTS) is 1. The number of hydrogen-bond donors (Lipinski definition) is 1. The second-order valence-electron chi connectivity index (χ2n) is 6.04. The van der Waals surface area contributed by atoms with Gasteiger partial charge in [0.25, 0.3) is 5.91 Å². The lowest BCUT2D eigenvalue weighted by Crippen LogP contribution is -2.48. The van der Waals surface area contributed by atoms with E-state index in [0.717, 1.165) is 23.4 Å². The number of carbonyl (C=O) groups excluding carboxylic acids is 1. The molecule has 26 heavy (non-hydrogen) atoms. The van der Waals surface area contributed by atoms with Gasteiger partial charge in [-0.05, 0) is 43.5 Å². The van der Waals surface area contributed by atoms with Gasteiger partial charge >= 0.3 is 12.1 Å². The van der Waals surface area contributed by atoms with Crippen LogP contribution in [0.2, 0.25) is 0 Å². The van der Waals surface area contributed by atoms with E-state index in [1.165, 1.54) is 29.2 Å². The summed E-state index contributed by atoms with van der Waals surface area (Å²) in [7, 11) is 0. The summed E-state index contributed by atoms with van der Waals surface area (Å²) < 4.78 is 39.1. The summed E-state index contributed by atoms with van der Waals surface area (Å²) in [4.78, 5) is 25.4. The molecule has 1 amide bonds. The van der Waals surface area contributed by atoms with Gasteiger partial charge in [0, 0.05) is 18.3 Å². The van der Waals surface area contributed by atoms with Crippen molar-refractivity contribution in [2.24, 2.45) is 0 Å². The monoisotopic (exact) mass is 367 g/mol. The second kappa shape index (κ2) is 6.81. The predicted molar refractivity (Wildman–Crippen MR) is 84.9 cm³/mol. The quantitative estimate of drug-likeness (QED) is 0.905. The standard InChI is InChI=1S/C17H16F3N3O3/c18-17(19,20)14-7-9-23(21-14)12-5-3-4-11(10-12)15(24)22-8-2-1-6-13(22)16(25)26/h3-5,7,9-10,13H,1-2,6,8H2,(H,25,26)/t13-/m1/s1. The van der Waals surface area contributed by atoms with E-state index in [1.807, 2.05) is 0 Å². The first-order valence-corrected chi connectivity index (χ1v) is 8.04. The molecule has 1 atom stereocenters. The summed E-state index contributed by atoms with van der Waals surface area (Å²) in [6, 6.07) is 5.92. The van der Waals surface area contributed by atoms with E-state index >= 15 is 0 Å². The van der Waals surface area contributed by atoms with Crippen molar-refractivity contribution in [1.82, 2.24) is 14.7 Å². The molecule has 1 fully saturated rings. The topological polar surface area (TPSA) is 75.4 Å². The minimum Gasteiger partial charge on any atom is -0.480 e. The van der Waals surface area contributed by atoms with E-state index in [0.29, 0.717) is 19.4 Å². The van der Waals surface area contributed by atoms with Gasteiger partial charge in [-0.3, -0.25) is 4.79 Å². The molecule has 2 aromatic rings. The van der Waals surface area contributed by atoms with Crippen molar-refractivity contribution in [1.29, 1.82) is 0 Å². The summed E-state index contributed by atoms with van der Waals surface area (Å²) in [5.74, 6) is -1.52. The van der Waals surface area contributed by atoms with E-state index in [9.17, 15) is 27.9 Å². The summed E-state index contributed by atoms with van der Waals surface area (Å²) in [6.07, 6.45) is -1.57. The first kappa shape index (κ1) is 18.0. The van der Waals surface area contributed by atoms with E-state index < -0.39 is 29.8 Å². The van der Waals surface area contributed by atoms with Crippen LogP contribution in [0, 0.1) is 0 Å². The van der Waals surface area contributed by atoms with Gasteiger partial charge in [0.1, 0.15) is 6.04 Å². The summed E-state index contributed by atoms with van der Waals surface area (Å²) in [5, 5.41) is 12.8. The average Bonchev–Trinajstić information content (AvgIpc) is 3.12. The Labute approximate surface area is 146 Å². The van der Waals surface area contributed by atoms with Crippen LogP contribution < -0.4 is 0 Å². The minimum absolute atomic E-state index is 0.208. The third-order valence-corrected chi connectivity index (χ3v) is 4.29. The minimum atomic E-state index is -4.55. The smallest absolute Gasteiger partial charge is 0.435 e. The molecule has 3 rings (SSSR count). The Morgan fingerprint density at radius 2 is 1.96 bits per heavy atom. The van der Waals surface area contributed by atoms with Gasteiger partial charge in [0.2, 0.25) is 0 Å². The first-order valence-electron chi connectivity index (χ1n) is 8.04. The van der Waals surface area contributed by atoms with Crippen LogP contribution in [0.3, 0.4) is 0 Å². The summed E-state index contributed by atoms with van der Waals surface area (Å²) >= 11 is 0. The Kier molecular flexibility index (Phi) is 4.71. The number of aromatic nitrogens is 2. The molecular formula is C17H16F3N3O3. The largest absolute Gasteiger partial charge is 0.480 e. The number of nitrogens with zero attached hydrogens (tertiary/aromatic N) is 3. The lowest BCUT2D eigenvalue weighted by Gasteiger charge is -2.33. The molecule has 0 spiro atoms. The number of hydrogen-bond acceptors (Lipinski definition) is 3. The maximum absolute atomic E-state index is 12.7. The first-order chi connectivity index (χ1) is 12.3. The maximum atomic E-state index is 12.7. The molecule has 1 saturated heterocycles. The Bertz CT molecular complexity index is 832. The molecular weight excluding hydrogens is 351 g/mol. The van der Waals surface area contributed by atoms with Gasteiger partial charge in [-0.25, -0.2) is 9.48 Å². The van der Waals surface area contributed by atoms with Gasteiger partial charge < -0.3 is 10.0 Å². The number of rotatable bonds is 3. The highest BCUT2D eigenvalue weighted by molar-refractivity contribution is 5.97. The molecule has 1 aromatic heterocycles. The number of alkyl halides is 3. The van der Waals surface area contributed by atoms with Crippen molar-refractivity contribution in [2.75, 3.05) is 6.54 Å². The third-order valence-electron chi connectivity index (χ3n) is 4.29. The molecule has 0 bridgehead atoms. The van der Waals surface area contributed by atoms with E-state index in [1.54, 1.807) is 0 Å². The Balaban J connectivity index is 1.88. The molecule has 0 unspecified atom stereocenters. The highest BCUT2D eigenvalue weighted by Crippen LogP contribution is 2.28. The number of amides is 1. The zero-order chi connectivity index (χ0) is 18.9. The van der Waals surface area contributed by atoms with Crippen molar-refractivity contribution < 1.29 is 27.9 Å². The molecule has 2 heterocycles. The molecule has 0 saturated carbocycles. The lowest BCUT2D eigenvalue weighted by molar-refractivity contribution is -0.143. The SMILES string of the molecule is O=C(O)[C@H]1CCCCN1C(=O)c1cccc(-n2ccc(C(F)(F)F)n2)c1. The fraction of sp³-hybridized carbons (Fsp3) is 0.353. The van der Waals surface area contributed by atoms with Crippen molar-refractivity contribution >= 4 is 11.9 Å². The highest BCUT2D eigenvalue weighted by atomic mass is 19.4. The number of aliphatic carboxylic acids is 1. The molecule has 0 aliphatic carbocycles. The second-order valence-corrected chi connectivity index (χ2v) is 6.04. The zero-order valence-electron chi connectivity index (χ0n) is 13.6. The number of piperidine rings is 1. The van der Waals surface area contributed by atoms with Crippen LogP contribution in [0.25, 0.3) is 5.69 Å². The molecule has 138 valence electrons. The van der Waals surface area contributed by atoms with Gasteiger partial charge in [-0.2, -0.15) is 18.3 Å². The Morgan fingerprint density at radius 3 is 2.62 bits per heavy atom. The number of benzene rings is 1. The average molecular weight is 367 g/mol. The molecule has 6 nitrogen and oxygen atoms in total. The molecule has 9 heteroatoms. The lowest BCUT2D eigenvalue weighted by atomic mass is 10.0. The van der Waals surface area contributed by atoms with Crippen LogP contribution >= 0.6 is 0 Å². The van der Waals surface area contributed by atoms with Crippen LogP contribution in [0.4, 0.5) is 13.2 Å². The van der Waals surface area contributed by atoms with E-state index in [4.69, 9.17) is 0 Å². The molecule has 1 N–H and O–H groups in total. The Hall–Kier alpha value is -2.84. The zero-order valence-corrected chi connectivity index (χ0v) is 13.6. The van der Waals surface area contributed by atoms with E-state index in [-0.39, 0.29) is 11.3 Å². The van der Waals surface area contributed by atoms with Gasteiger partial charge in [-0.15, -0.1) is 0 Å². The van der Waals surface area contributed by atoms with Crippen LogP contribution in [0.15, 0.2) is 36.5 Å². The molecule has 0 radical (unpaired) electrons. The highest BCUT2D eigenvalue weighted by Gasteiger charge is 2.34. The summed E-state index contributed by atoms with van der Waals surface area (Å²) in [6.45, 7) is 0.333. The maximum Gasteiger partial charge on any atom is 0.435 e. The molecule has 1 aromatic carbocycles. The molecule has 1 aliphatic heterocycles. The number of carboxylic acids is 1. The third kappa shape index (κ3) is 3.56. The summed E-state index contributed by atoms with van der Waals surface area (Å²) in [5.41, 5.74) is -0.536. The van der Waals surface area contributed by atoms with Gasteiger partial charge in [0.15, 0.2) is 5.69 Å². The fourth-order valence-electron chi connectivity index (χ4n) is 3.00. The predicted octanol–water partition coefficient (Wildman–Crippen LogP) is 2.97. The molecule has 1 aliphatic rings. The van der Waals surface area contributed by atoms with E-state index in [2.05, 4.69) is 5.10 Å². The van der Waals surface area contributed by atoms with Crippen molar-refractivity contribution in [2.45, 2.75) is 31.5 Å². The van der Waals surface area contributed by atoms with Crippen LogP contribution in [0.1, 0.15) is 35.3 Å². The van der Waals surface area contributed by atoms with Crippen molar-refractivity contribution in [3.8, 4) is 5.69 Å². The van der Waals surface area contributed by atoms with Gasteiger partial charge in [-0.1, -0.05) is 6.07 Å². The van der Waals surface area contributed by atoms with Crippen LogP contribution in [-0.4, -0.2) is 44.3 Å². The number of likely N-dealkylation sites (tertiary alicyclic amines) is 1. The van der Waals surface area contributed by atoms with Gasteiger partial charge in [0.05, 0.1) is 5.69 Å². The van der Waals surface area contributed by atoms with Crippen LogP contribution in [0.5, 0.6) is 0 Å². The van der Waals surface area contributed by atoms with Crippen molar-refractivity contribution in [3.05, 3.63) is 47.8 Å². The number of carbonyl (C=O) groups is 2. The van der Waals surface area contributed by atoms with Crippen LogP contribution in [-0.2, 0) is 11.0 Å². The fourth-order valence-corrected chi connectivity index (χ4v) is 3.00. The Morgan fingerprint density at radius 1 is 1.19 bits per heavy atom. The van der Waals surface area contributed by atoms with Crippen molar-refractivity contribution in [3.63, 3.8) is 0 Å².